The normalized spacial score (nSPS) is 21.4. The number of carbonyl (C=O) groups excluding carboxylic acids is 1. The molecule has 1 atom stereocenters. The van der Waals surface area contributed by atoms with Crippen molar-refractivity contribution in [3.8, 4) is 0 Å². The van der Waals surface area contributed by atoms with Crippen molar-refractivity contribution >= 4 is 5.91 Å². The first-order valence-electron chi connectivity index (χ1n) is 5.04. The Morgan fingerprint density at radius 1 is 1.60 bits per heavy atom. The second kappa shape index (κ2) is 4.39. The largest absolute Gasteiger partial charge is 0.355 e. The molecule has 1 aliphatic rings. The van der Waals surface area contributed by atoms with Crippen molar-refractivity contribution in [1.82, 2.24) is 20.9 Å². The van der Waals surface area contributed by atoms with Gasteiger partial charge in [-0.1, -0.05) is 10.3 Å². The van der Waals surface area contributed by atoms with Gasteiger partial charge in [0.05, 0.1) is 0 Å². The third kappa shape index (κ3) is 2.53. The summed E-state index contributed by atoms with van der Waals surface area (Å²) >= 11 is 0. The van der Waals surface area contributed by atoms with Crippen LogP contribution in [0.25, 0.3) is 0 Å². The van der Waals surface area contributed by atoms with Crippen LogP contribution in [0.2, 0.25) is 0 Å². The lowest BCUT2D eigenvalue weighted by Crippen LogP contribution is -2.45. The minimum Gasteiger partial charge on any atom is -0.355 e. The van der Waals surface area contributed by atoms with Gasteiger partial charge in [0, 0.05) is 25.6 Å². The fourth-order valence-corrected chi connectivity index (χ4v) is 1.56. The van der Waals surface area contributed by atoms with E-state index in [-0.39, 0.29) is 5.91 Å². The van der Waals surface area contributed by atoms with E-state index in [0.717, 1.165) is 17.8 Å². The van der Waals surface area contributed by atoms with E-state index in [1.807, 2.05) is 6.92 Å². The van der Waals surface area contributed by atoms with E-state index in [1.54, 1.807) is 0 Å². The summed E-state index contributed by atoms with van der Waals surface area (Å²) in [5.41, 5.74) is 1.63. The molecule has 0 bridgehead atoms. The number of hydrogen-bond donors (Lipinski definition) is 2. The minimum absolute atomic E-state index is 0.132. The highest BCUT2D eigenvalue weighted by Crippen LogP contribution is 2.05. The molecule has 1 aromatic heterocycles. The smallest absolute Gasteiger partial charge is 0.220 e. The number of aromatic nitrogens is 2. The number of hydrogen-bond acceptors (Lipinski definition) is 5. The third-order valence-electron chi connectivity index (χ3n) is 2.57. The lowest BCUT2D eigenvalue weighted by atomic mass is 10.1. The van der Waals surface area contributed by atoms with Crippen molar-refractivity contribution in [3.63, 3.8) is 0 Å². The zero-order valence-corrected chi connectivity index (χ0v) is 8.62. The number of aryl methyl sites for hydroxylation is 1. The summed E-state index contributed by atoms with van der Waals surface area (Å²) in [5.74, 6) is 0.132. The summed E-state index contributed by atoms with van der Waals surface area (Å²) in [6.07, 6.45) is 1.46. The molecule has 0 radical (unpaired) electrons. The van der Waals surface area contributed by atoms with Crippen LogP contribution in [0.4, 0.5) is 0 Å². The van der Waals surface area contributed by atoms with Gasteiger partial charge < -0.3 is 10.6 Å². The van der Waals surface area contributed by atoms with E-state index in [0.29, 0.717) is 25.6 Å². The second-order valence-electron chi connectivity index (χ2n) is 3.72. The highest BCUT2D eigenvalue weighted by molar-refractivity contribution is 5.76. The van der Waals surface area contributed by atoms with Crippen LogP contribution in [-0.4, -0.2) is 28.8 Å². The first-order chi connectivity index (χ1) is 7.25. The topological polar surface area (TPSA) is 80.1 Å². The average molecular weight is 210 g/mol. The number of piperidine rings is 1. The van der Waals surface area contributed by atoms with Crippen LogP contribution in [0.5, 0.6) is 0 Å². The molecule has 1 unspecified atom stereocenters. The summed E-state index contributed by atoms with van der Waals surface area (Å²) in [6, 6.07) is 0.318. The van der Waals surface area contributed by atoms with E-state index in [2.05, 4.69) is 25.6 Å². The van der Waals surface area contributed by atoms with Gasteiger partial charge in [-0.05, 0) is 13.3 Å². The second-order valence-corrected chi connectivity index (χ2v) is 3.72. The van der Waals surface area contributed by atoms with Gasteiger partial charge in [0.1, 0.15) is 11.4 Å². The van der Waals surface area contributed by atoms with Crippen LogP contribution in [0, 0.1) is 6.92 Å². The Hall–Kier alpha value is -1.43. The molecule has 0 aliphatic carbocycles. The van der Waals surface area contributed by atoms with Gasteiger partial charge >= 0.3 is 0 Å². The van der Waals surface area contributed by atoms with Gasteiger partial charge in [-0.2, -0.15) is 0 Å². The van der Waals surface area contributed by atoms with Crippen molar-refractivity contribution in [2.75, 3.05) is 6.54 Å². The lowest BCUT2D eigenvalue weighted by molar-refractivity contribution is -0.122. The van der Waals surface area contributed by atoms with Gasteiger partial charge in [0.25, 0.3) is 0 Å². The number of carbonyl (C=O) groups is 1. The number of nitrogens with one attached hydrogen (secondary N) is 2. The standard InChI is InChI=1S/C9H14N4O2/c1-6-8(13-15-12-6)5-10-7-2-3-9(14)11-4-7/h7,10H,2-5H2,1H3,(H,11,14). The monoisotopic (exact) mass is 210 g/mol. The molecule has 6 heteroatoms. The molecule has 6 nitrogen and oxygen atoms in total. The molecule has 0 spiro atoms. The number of nitrogens with zero attached hydrogens (tertiary/aromatic N) is 2. The maximum absolute atomic E-state index is 10.9. The van der Waals surface area contributed by atoms with Crippen LogP contribution in [-0.2, 0) is 11.3 Å². The molecule has 1 amide bonds. The molecule has 1 fully saturated rings. The molecular formula is C9H14N4O2. The Morgan fingerprint density at radius 2 is 2.47 bits per heavy atom. The quantitative estimate of drug-likeness (QED) is 0.719. The molecule has 1 aliphatic heterocycles. The maximum atomic E-state index is 10.9. The Balaban J connectivity index is 1.79. The van der Waals surface area contributed by atoms with Gasteiger partial charge in [-0.25, -0.2) is 4.63 Å². The van der Waals surface area contributed by atoms with E-state index in [9.17, 15) is 4.79 Å². The predicted molar refractivity (Wildman–Crippen MR) is 51.9 cm³/mol. The van der Waals surface area contributed by atoms with Crippen molar-refractivity contribution in [2.24, 2.45) is 0 Å². The molecule has 2 heterocycles. The molecule has 82 valence electrons. The van der Waals surface area contributed by atoms with Gasteiger partial charge in [0.2, 0.25) is 5.91 Å². The van der Waals surface area contributed by atoms with Crippen molar-refractivity contribution in [1.29, 1.82) is 0 Å². The number of rotatable bonds is 3. The van der Waals surface area contributed by atoms with Crippen molar-refractivity contribution in [2.45, 2.75) is 32.4 Å². The fourth-order valence-electron chi connectivity index (χ4n) is 1.56. The van der Waals surface area contributed by atoms with Gasteiger partial charge in [-0.3, -0.25) is 4.79 Å². The molecule has 2 rings (SSSR count). The van der Waals surface area contributed by atoms with Crippen LogP contribution in [0.15, 0.2) is 4.63 Å². The maximum Gasteiger partial charge on any atom is 0.220 e. The Labute approximate surface area is 87.4 Å². The van der Waals surface area contributed by atoms with Crippen LogP contribution in [0.3, 0.4) is 0 Å². The molecule has 1 aromatic rings. The van der Waals surface area contributed by atoms with E-state index in [4.69, 9.17) is 0 Å². The SMILES string of the molecule is Cc1nonc1CNC1CCC(=O)NC1. The van der Waals surface area contributed by atoms with Crippen LogP contribution < -0.4 is 10.6 Å². The molecule has 0 aromatic carbocycles. The van der Waals surface area contributed by atoms with Crippen LogP contribution >= 0.6 is 0 Å². The Morgan fingerprint density at radius 3 is 3.07 bits per heavy atom. The summed E-state index contributed by atoms with van der Waals surface area (Å²) in [4.78, 5) is 10.9. The zero-order valence-electron chi connectivity index (χ0n) is 8.62. The van der Waals surface area contributed by atoms with Gasteiger partial charge in [0.15, 0.2) is 0 Å². The van der Waals surface area contributed by atoms with Crippen LogP contribution in [0.1, 0.15) is 24.2 Å². The fraction of sp³-hybridized carbons (Fsp3) is 0.667. The first-order valence-corrected chi connectivity index (χ1v) is 5.04. The average Bonchev–Trinajstić information content (AvgIpc) is 2.63. The van der Waals surface area contributed by atoms with Gasteiger partial charge in [-0.15, -0.1) is 0 Å². The van der Waals surface area contributed by atoms with Crippen molar-refractivity contribution < 1.29 is 9.42 Å². The van der Waals surface area contributed by atoms with E-state index in [1.165, 1.54) is 0 Å². The summed E-state index contributed by atoms with van der Waals surface area (Å²) in [6.45, 7) is 3.18. The molecule has 0 saturated carbocycles. The molecular weight excluding hydrogens is 196 g/mol. The summed E-state index contributed by atoms with van der Waals surface area (Å²) in [5, 5.41) is 13.6. The Bertz CT molecular complexity index is 340. The van der Waals surface area contributed by atoms with E-state index >= 15 is 0 Å². The zero-order chi connectivity index (χ0) is 10.7. The highest BCUT2D eigenvalue weighted by atomic mass is 16.6. The third-order valence-corrected chi connectivity index (χ3v) is 2.57. The minimum atomic E-state index is 0.132. The Kier molecular flexibility index (Phi) is 2.96. The highest BCUT2D eigenvalue weighted by Gasteiger charge is 2.17. The first kappa shape index (κ1) is 10.1. The lowest BCUT2D eigenvalue weighted by Gasteiger charge is -2.22. The molecule has 15 heavy (non-hydrogen) atoms. The van der Waals surface area contributed by atoms with E-state index < -0.39 is 0 Å². The molecule has 2 N–H and O–H groups in total. The predicted octanol–water partition coefficient (Wildman–Crippen LogP) is -0.254. The van der Waals surface area contributed by atoms with Crippen molar-refractivity contribution in [3.05, 3.63) is 11.4 Å². The number of amides is 1. The molecule has 1 saturated heterocycles. The summed E-state index contributed by atoms with van der Waals surface area (Å²) < 4.78 is 4.59. The summed E-state index contributed by atoms with van der Waals surface area (Å²) in [7, 11) is 0.